The van der Waals surface area contributed by atoms with Gasteiger partial charge in [0.05, 0.1) is 18.3 Å². The van der Waals surface area contributed by atoms with Gasteiger partial charge < -0.3 is 10.2 Å². The Balaban J connectivity index is 1.30. The van der Waals surface area contributed by atoms with E-state index in [0.29, 0.717) is 24.0 Å². The molecule has 2 saturated heterocycles. The Labute approximate surface area is 240 Å². The second-order valence-corrected chi connectivity index (χ2v) is 13.0. The molecule has 3 aromatic rings. The molecule has 2 fully saturated rings. The lowest BCUT2D eigenvalue weighted by molar-refractivity contribution is -0.138. The predicted molar refractivity (Wildman–Crippen MR) is 155 cm³/mol. The van der Waals surface area contributed by atoms with Crippen LogP contribution in [0.2, 0.25) is 0 Å². The summed E-state index contributed by atoms with van der Waals surface area (Å²) < 4.78 is 27.7. The molecule has 0 radical (unpaired) electrons. The van der Waals surface area contributed by atoms with Gasteiger partial charge in [-0.15, -0.1) is 0 Å². The minimum atomic E-state index is -3.80. The molecule has 5 rings (SSSR count). The third-order valence-electron chi connectivity index (χ3n) is 7.65. The van der Waals surface area contributed by atoms with E-state index in [9.17, 15) is 22.8 Å². The van der Waals surface area contributed by atoms with Gasteiger partial charge in [-0.25, -0.2) is 8.42 Å². The maximum Gasteiger partial charge on any atom is 0.251 e. The fourth-order valence-electron chi connectivity index (χ4n) is 5.74. The van der Waals surface area contributed by atoms with Crippen molar-refractivity contribution in [2.45, 2.75) is 50.6 Å². The Hall–Kier alpha value is -3.89. The number of aromatic nitrogens is 1. The summed E-state index contributed by atoms with van der Waals surface area (Å²) in [4.78, 5) is 45.6. The van der Waals surface area contributed by atoms with Crippen molar-refractivity contribution >= 4 is 27.6 Å². The first-order valence-electron chi connectivity index (χ1n) is 13.8. The Morgan fingerprint density at radius 2 is 1.71 bits per heavy atom. The summed E-state index contributed by atoms with van der Waals surface area (Å²) in [6.45, 7) is 3.90. The van der Waals surface area contributed by atoms with E-state index in [-0.39, 0.29) is 42.4 Å². The Kier molecular flexibility index (Phi) is 8.32. The quantitative estimate of drug-likeness (QED) is 0.419. The Morgan fingerprint density at radius 1 is 1.00 bits per heavy atom. The van der Waals surface area contributed by atoms with Gasteiger partial charge in [0.15, 0.2) is 5.78 Å². The van der Waals surface area contributed by atoms with Gasteiger partial charge >= 0.3 is 0 Å². The largest absolute Gasteiger partial charge is 0.340 e. The zero-order chi connectivity index (χ0) is 29.1. The first-order valence-corrected chi connectivity index (χ1v) is 15.4. The molecular weight excluding hydrogens is 540 g/mol. The summed E-state index contributed by atoms with van der Waals surface area (Å²) in [5, 5.41) is 2.89. The van der Waals surface area contributed by atoms with Gasteiger partial charge in [-0.2, -0.15) is 4.31 Å². The molecule has 3 heterocycles. The highest BCUT2D eigenvalue weighted by Gasteiger charge is 2.54. The molecule has 9 nitrogen and oxygen atoms in total. The van der Waals surface area contributed by atoms with E-state index in [1.54, 1.807) is 30.5 Å². The second kappa shape index (κ2) is 11.9. The number of carbonyl (C=O) groups excluding carboxylic acids is 3. The fraction of sp³-hybridized carbons (Fsp3) is 0.355. The van der Waals surface area contributed by atoms with Crippen molar-refractivity contribution in [1.82, 2.24) is 19.5 Å². The molecule has 3 unspecified atom stereocenters. The van der Waals surface area contributed by atoms with Crippen molar-refractivity contribution in [3.05, 3.63) is 90.3 Å². The SMILES string of the molecule is CC(C)CC(NC(=O)c1ccc(-c2ccccc2)cc1)C(=O)N1CCC2C1C(=O)CN2S(=O)(=O)Cc1cccnc1. The number of likely N-dealkylation sites (tertiary alicyclic amines) is 1. The number of pyridine rings is 1. The van der Waals surface area contributed by atoms with Crippen LogP contribution >= 0.6 is 0 Å². The number of ketones is 1. The molecule has 1 aromatic heterocycles. The number of amides is 2. The number of carbonyl (C=O) groups is 3. The van der Waals surface area contributed by atoms with Crippen LogP contribution in [-0.2, 0) is 25.4 Å². The molecule has 2 aliphatic heterocycles. The third kappa shape index (κ3) is 6.23. The van der Waals surface area contributed by atoms with Gasteiger partial charge in [-0.05, 0) is 53.6 Å². The molecule has 0 bridgehead atoms. The van der Waals surface area contributed by atoms with Crippen LogP contribution < -0.4 is 5.32 Å². The minimum absolute atomic E-state index is 0.0961. The first kappa shape index (κ1) is 28.6. The standard InChI is InChI=1S/C31H34N4O5S/c1-21(2)17-26(33-30(37)25-12-10-24(11-13-25)23-8-4-3-5-9-23)31(38)34-16-14-27-29(34)28(36)19-35(27)41(39,40)20-22-7-6-15-32-18-22/h3-13,15,18,21,26-27,29H,14,16-17,19-20H2,1-2H3,(H,33,37). The van der Waals surface area contributed by atoms with Crippen LogP contribution in [0.1, 0.15) is 42.6 Å². The number of nitrogens with zero attached hydrogens (tertiary/aromatic N) is 3. The van der Waals surface area contributed by atoms with Crippen LogP contribution in [0.3, 0.4) is 0 Å². The predicted octanol–water partition coefficient (Wildman–Crippen LogP) is 3.28. The number of Topliss-reactive ketones (excluding diaryl/α,β-unsaturated/α-hetero) is 1. The molecular formula is C31H34N4O5S. The van der Waals surface area contributed by atoms with E-state index in [0.717, 1.165) is 11.1 Å². The highest BCUT2D eigenvalue weighted by molar-refractivity contribution is 7.88. The highest BCUT2D eigenvalue weighted by Crippen LogP contribution is 2.33. The van der Waals surface area contributed by atoms with Gasteiger partial charge in [-0.1, -0.05) is 62.4 Å². The Bertz CT molecular complexity index is 1510. The number of rotatable bonds is 9. The van der Waals surface area contributed by atoms with Crippen LogP contribution in [0.15, 0.2) is 79.1 Å². The molecule has 41 heavy (non-hydrogen) atoms. The normalized spacial score (nSPS) is 19.8. The molecule has 2 amide bonds. The summed E-state index contributed by atoms with van der Waals surface area (Å²) >= 11 is 0. The average Bonchev–Trinajstić information content (AvgIpc) is 3.54. The molecule has 10 heteroatoms. The number of benzene rings is 2. The van der Waals surface area contributed by atoms with E-state index in [2.05, 4.69) is 10.3 Å². The highest BCUT2D eigenvalue weighted by atomic mass is 32.2. The molecule has 2 aromatic carbocycles. The van der Waals surface area contributed by atoms with Crippen LogP contribution in [0.25, 0.3) is 11.1 Å². The average molecular weight is 575 g/mol. The van der Waals surface area contributed by atoms with Crippen molar-refractivity contribution in [3.63, 3.8) is 0 Å². The molecule has 0 aliphatic carbocycles. The second-order valence-electron chi connectivity index (χ2n) is 11.1. The zero-order valence-corrected chi connectivity index (χ0v) is 24.0. The maximum absolute atomic E-state index is 13.8. The number of sulfonamides is 1. The van der Waals surface area contributed by atoms with Gasteiger partial charge in [0.1, 0.15) is 12.1 Å². The first-order chi connectivity index (χ1) is 19.6. The smallest absolute Gasteiger partial charge is 0.251 e. The summed E-state index contributed by atoms with van der Waals surface area (Å²) in [7, 11) is -3.80. The topological polar surface area (TPSA) is 117 Å². The Morgan fingerprint density at radius 3 is 2.37 bits per heavy atom. The monoisotopic (exact) mass is 574 g/mol. The van der Waals surface area contributed by atoms with Gasteiger partial charge in [0.25, 0.3) is 5.91 Å². The molecule has 214 valence electrons. The van der Waals surface area contributed by atoms with Crippen LogP contribution in [0.4, 0.5) is 0 Å². The van der Waals surface area contributed by atoms with Crippen molar-refractivity contribution in [1.29, 1.82) is 0 Å². The van der Waals surface area contributed by atoms with Crippen molar-refractivity contribution in [2.75, 3.05) is 13.1 Å². The molecule has 3 atom stereocenters. The number of hydrogen-bond acceptors (Lipinski definition) is 6. The van der Waals surface area contributed by atoms with Crippen LogP contribution in [0.5, 0.6) is 0 Å². The van der Waals surface area contributed by atoms with Crippen molar-refractivity contribution in [3.8, 4) is 11.1 Å². The fourth-order valence-corrected chi connectivity index (χ4v) is 7.45. The third-order valence-corrected chi connectivity index (χ3v) is 9.47. The van der Waals surface area contributed by atoms with E-state index in [1.165, 1.54) is 15.4 Å². The number of hydrogen-bond donors (Lipinski definition) is 1. The lowest BCUT2D eigenvalue weighted by atomic mass is 10.0. The van der Waals surface area contributed by atoms with Crippen molar-refractivity contribution in [2.24, 2.45) is 5.92 Å². The summed E-state index contributed by atoms with van der Waals surface area (Å²) in [6.07, 6.45) is 3.80. The van der Waals surface area contributed by atoms with Crippen LogP contribution in [0, 0.1) is 5.92 Å². The van der Waals surface area contributed by atoms with E-state index >= 15 is 0 Å². The summed E-state index contributed by atoms with van der Waals surface area (Å²) in [5.74, 6) is -1.21. The lowest BCUT2D eigenvalue weighted by Crippen LogP contribution is -2.53. The molecule has 2 aliphatic rings. The van der Waals surface area contributed by atoms with Crippen LogP contribution in [-0.4, -0.2) is 71.4 Å². The zero-order valence-electron chi connectivity index (χ0n) is 23.1. The lowest BCUT2D eigenvalue weighted by Gasteiger charge is -2.29. The van der Waals surface area contributed by atoms with E-state index in [1.807, 2.05) is 56.3 Å². The van der Waals surface area contributed by atoms with Crippen molar-refractivity contribution < 1.29 is 22.8 Å². The number of fused-ring (bicyclic) bond motifs is 1. The van der Waals surface area contributed by atoms with Gasteiger partial charge in [0, 0.05) is 24.5 Å². The summed E-state index contributed by atoms with van der Waals surface area (Å²) in [6, 6.07) is 18.0. The maximum atomic E-state index is 13.8. The molecule has 0 spiro atoms. The van der Waals surface area contributed by atoms with E-state index < -0.39 is 28.1 Å². The van der Waals surface area contributed by atoms with E-state index in [4.69, 9.17) is 0 Å². The molecule has 1 N–H and O–H groups in total. The van der Waals surface area contributed by atoms with Gasteiger partial charge in [0.2, 0.25) is 15.9 Å². The van der Waals surface area contributed by atoms with Gasteiger partial charge in [-0.3, -0.25) is 19.4 Å². The summed E-state index contributed by atoms with van der Waals surface area (Å²) in [5.41, 5.74) is 2.97. The number of nitrogens with one attached hydrogen (secondary N) is 1. The minimum Gasteiger partial charge on any atom is -0.340 e. The molecule has 0 saturated carbocycles.